The molecule has 0 saturated heterocycles. The molecule has 30 heavy (non-hydrogen) atoms. The fraction of sp³-hybridized carbons (Fsp3) is 0.350. The summed E-state index contributed by atoms with van der Waals surface area (Å²) < 4.78 is 33.7. The van der Waals surface area contributed by atoms with E-state index in [-0.39, 0.29) is 28.8 Å². The number of ether oxygens (including phenoxy) is 1. The highest BCUT2D eigenvalue weighted by molar-refractivity contribution is 7.92. The van der Waals surface area contributed by atoms with Crippen molar-refractivity contribution in [2.75, 3.05) is 22.8 Å². The molecule has 1 N–H and O–H groups in total. The van der Waals surface area contributed by atoms with E-state index < -0.39 is 20.4 Å². The van der Waals surface area contributed by atoms with Gasteiger partial charge in [-0.1, -0.05) is 6.92 Å². The van der Waals surface area contributed by atoms with Crippen LogP contribution in [0.1, 0.15) is 27.2 Å². The Labute approximate surface area is 174 Å². The number of hydrogen-bond acceptors (Lipinski definition) is 6. The highest BCUT2D eigenvalue weighted by Gasteiger charge is 2.37. The Balaban J connectivity index is 1.94. The van der Waals surface area contributed by atoms with E-state index in [4.69, 9.17) is 4.74 Å². The summed E-state index contributed by atoms with van der Waals surface area (Å²) in [6, 6.07) is 9.33. The molecule has 0 fully saturated rings. The maximum atomic E-state index is 13.0. The first-order valence-electron chi connectivity index (χ1n) is 9.41. The number of rotatable bonds is 6. The number of anilines is 2. The molecular formula is C20H23N3O6S. The van der Waals surface area contributed by atoms with Crippen LogP contribution in [0.15, 0.2) is 47.4 Å². The first-order valence-corrected chi connectivity index (χ1v) is 10.9. The van der Waals surface area contributed by atoms with Crippen LogP contribution in [0.25, 0.3) is 0 Å². The molecule has 0 bridgehead atoms. The lowest BCUT2D eigenvalue weighted by molar-refractivity contribution is -0.384. The van der Waals surface area contributed by atoms with Gasteiger partial charge in [0.1, 0.15) is 12.4 Å². The molecule has 1 amide bonds. The van der Waals surface area contributed by atoms with Crippen molar-refractivity contribution in [2.45, 2.75) is 32.1 Å². The van der Waals surface area contributed by atoms with Gasteiger partial charge in [0.2, 0.25) is 5.91 Å². The highest BCUT2D eigenvalue weighted by Crippen LogP contribution is 2.38. The highest BCUT2D eigenvalue weighted by atomic mass is 32.2. The van der Waals surface area contributed by atoms with E-state index in [1.165, 1.54) is 12.1 Å². The van der Waals surface area contributed by atoms with E-state index in [2.05, 4.69) is 4.72 Å². The minimum absolute atomic E-state index is 0.0986. The number of carbonyl (C=O) groups excluding carboxylic acids is 1. The summed E-state index contributed by atoms with van der Waals surface area (Å²) in [5.74, 6) is 0.402. The predicted molar refractivity (Wildman–Crippen MR) is 112 cm³/mol. The fourth-order valence-electron chi connectivity index (χ4n) is 3.12. The van der Waals surface area contributed by atoms with Crippen LogP contribution in [-0.2, 0) is 14.8 Å². The van der Waals surface area contributed by atoms with Gasteiger partial charge in [-0.05, 0) is 50.6 Å². The number of nitrogens with one attached hydrogen (secondary N) is 1. The van der Waals surface area contributed by atoms with E-state index in [0.29, 0.717) is 18.0 Å². The van der Waals surface area contributed by atoms with Gasteiger partial charge in [0.25, 0.3) is 15.7 Å². The lowest BCUT2D eigenvalue weighted by Gasteiger charge is -2.28. The predicted octanol–water partition coefficient (Wildman–Crippen LogP) is 3.56. The van der Waals surface area contributed by atoms with Gasteiger partial charge < -0.3 is 9.64 Å². The maximum Gasteiger partial charge on any atom is 0.269 e. The van der Waals surface area contributed by atoms with Gasteiger partial charge in [0, 0.05) is 18.7 Å². The Bertz CT molecular complexity index is 1080. The van der Waals surface area contributed by atoms with Crippen LogP contribution in [0.2, 0.25) is 0 Å². The van der Waals surface area contributed by atoms with Crippen molar-refractivity contribution in [2.24, 2.45) is 5.41 Å². The third-order valence-electron chi connectivity index (χ3n) is 4.72. The monoisotopic (exact) mass is 433 g/mol. The van der Waals surface area contributed by atoms with Crippen LogP contribution in [0, 0.1) is 15.5 Å². The van der Waals surface area contributed by atoms with E-state index in [9.17, 15) is 23.3 Å². The van der Waals surface area contributed by atoms with Gasteiger partial charge in [-0.25, -0.2) is 8.42 Å². The van der Waals surface area contributed by atoms with E-state index in [0.717, 1.165) is 18.6 Å². The Morgan fingerprint density at radius 1 is 1.20 bits per heavy atom. The summed E-state index contributed by atoms with van der Waals surface area (Å²) in [5, 5.41) is 10.8. The Morgan fingerprint density at radius 3 is 2.47 bits per heavy atom. The summed E-state index contributed by atoms with van der Waals surface area (Å²) in [7, 11) is -3.97. The van der Waals surface area contributed by atoms with Crippen molar-refractivity contribution in [3.8, 4) is 5.75 Å². The van der Waals surface area contributed by atoms with Gasteiger partial charge in [-0.2, -0.15) is 0 Å². The molecule has 0 spiro atoms. The zero-order valence-electron chi connectivity index (χ0n) is 16.9. The summed E-state index contributed by atoms with van der Waals surface area (Å²) in [6.07, 6.45) is 0.722. The van der Waals surface area contributed by atoms with Crippen LogP contribution in [0.3, 0.4) is 0 Å². The molecule has 1 heterocycles. The van der Waals surface area contributed by atoms with E-state index in [1.807, 2.05) is 20.8 Å². The third kappa shape index (κ3) is 4.23. The van der Waals surface area contributed by atoms with Crippen LogP contribution in [0.5, 0.6) is 5.75 Å². The molecule has 3 rings (SSSR count). The molecule has 0 unspecified atom stereocenters. The second-order valence-electron chi connectivity index (χ2n) is 7.67. The van der Waals surface area contributed by atoms with Gasteiger partial charge >= 0.3 is 0 Å². The second kappa shape index (κ2) is 7.94. The average molecular weight is 433 g/mol. The molecule has 0 aliphatic carbocycles. The molecule has 10 heteroatoms. The summed E-state index contributed by atoms with van der Waals surface area (Å²) in [4.78, 5) is 24.7. The quantitative estimate of drug-likeness (QED) is 0.550. The first kappa shape index (κ1) is 21.6. The number of fused-ring (bicyclic) bond motifs is 1. The molecule has 1 aliphatic rings. The molecule has 2 aromatic rings. The van der Waals surface area contributed by atoms with Gasteiger partial charge in [-0.15, -0.1) is 0 Å². The Morgan fingerprint density at radius 2 is 1.87 bits per heavy atom. The number of hydrogen-bond donors (Lipinski definition) is 1. The van der Waals surface area contributed by atoms with Crippen LogP contribution < -0.4 is 14.4 Å². The van der Waals surface area contributed by atoms with Gasteiger partial charge in [-0.3, -0.25) is 19.6 Å². The SMILES string of the molecule is CCCN1C(=O)C(C)(C)COc2ccc(NS(=O)(=O)c3ccc([N+](=O)[O-])cc3)cc21. The molecule has 0 radical (unpaired) electrons. The molecule has 1 aliphatic heterocycles. The Hall–Kier alpha value is -3.14. The first-order chi connectivity index (χ1) is 14.0. The minimum Gasteiger partial charge on any atom is -0.490 e. The standard InChI is InChI=1S/C20H23N3O6S/c1-4-11-22-17-12-14(5-10-18(17)29-13-20(2,3)19(22)24)21-30(27,28)16-8-6-15(7-9-16)23(25)26/h5-10,12,21H,4,11,13H2,1-3H3. The number of sulfonamides is 1. The molecule has 2 aromatic carbocycles. The average Bonchev–Trinajstić information content (AvgIpc) is 2.78. The fourth-order valence-corrected chi connectivity index (χ4v) is 4.16. The molecule has 0 atom stereocenters. The lowest BCUT2D eigenvalue weighted by atomic mass is 9.93. The number of carbonyl (C=O) groups is 1. The van der Waals surface area contributed by atoms with Crippen molar-refractivity contribution in [3.05, 3.63) is 52.6 Å². The summed E-state index contributed by atoms with van der Waals surface area (Å²) >= 11 is 0. The number of nitro groups is 1. The van der Waals surface area contributed by atoms with Crippen molar-refractivity contribution in [3.63, 3.8) is 0 Å². The number of benzene rings is 2. The smallest absolute Gasteiger partial charge is 0.269 e. The lowest BCUT2D eigenvalue weighted by Crippen LogP contribution is -2.42. The third-order valence-corrected chi connectivity index (χ3v) is 6.12. The normalized spacial score (nSPS) is 15.7. The van der Waals surface area contributed by atoms with Crippen molar-refractivity contribution < 1.29 is 22.9 Å². The number of non-ortho nitro benzene ring substituents is 1. The number of nitrogens with zero attached hydrogens (tertiary/aromatic N) is 2. The zero-order chi connectivity index (χ0) is 22.1. The van der Waals surface area contributed by atoms with Crippen LogP contribution in [-0.4, -0.2) is 32.4 Å². The maximum absolute atomic E-state index is 13.0. The molecule has 9 nitrogen and oxygen atoms in total. The van der Waals surface area contributed by atoms with E-state index >= 15 is 0 Å². The number of nitro benzene ring substituents is 1. The molecule has 160 valence electrons. The van der Waals surface area contributed by atoms with Crippen molar-refractivity contribution >= 4 is 33.0 Å². The van der Waals surface area contributed by atoms with Crippen LogP contribution >= 0.6 is 0 Å². The molecular weight excluding hydrogens is 410 g/mol. The molecule has 0 saturated carbocycles. The topological polar surface area (TPSA) is 119 Å². The summed E-state index contributed by atoms with van der Waals surface area (Å²) in [6.45, 7) is 6.25. The second-order valence-corrected chi connectivity index (χ2v) is 9.35. The van der Waals surface area contributed by atoms with Crippen molar-refractivity contribution in [1.82, 2.24) is 0 Å². The summed E-state index contributed by atoms with van der Waals surface area (Å²) in [5.41, 5.74) is -0.166. The minimum atomic E-state index is -3.97. The van der Waals surface area contributed by atoms with Gasteiger partial charge in [0.15, 0.2) is 0 Å². The largest absolute Gasteiger partial charge is 0.490 e. The van der Waals surface area contributed by atoms with Crippen molar-refractivity contribution in [1.29, 1.82) is 0 Å². The molecule has 0 aromatic heterocycles. The van der Waals surface area contributed by atoms with E-state index in [1.54, 1.807) is 23.1 Å². The van der Waals surface area contributed by atoms with Crippen LogP contribution in [0.4, 0.5) is 17.1 Å². The zero-order valence-corrected chi connectivity index (χ0v) is 17.7. The Kier molecular flexibility index (Phi) is 5.71. The number of amides is 1. The van der Waals surface area contributed by atoms with Gasteiger partial charge in [0.05, 0.1) is 26.6 Å².